The first-order chi connectivity index (χ1) is 13.4. The molecule has 0 saturated carbocycles. The van der Waals surface area contributed by atoms with Crippen LogP contribution in [0.3, 0.4) is 0 Å². The van der Waals surface area contributed by atoms with Crippen molar-refractivity contribution in [3.63, 3.8) is 0 Å². The van der Waals surface area contributed by atoms with E-state index in [1.807, 2.05) is 42.6 Å². The molecule has 6 heteroatoms. The second-order valence-electron chi connectivity index (χ2n) is 7.55. The molecule has 0 saturated heterocycles. The number of hydrogen-bond donors (Lipinski definition) is 0. The van der Waals surface area contributed by atoms with Gasteiger partial charge in [0.2, 0.25) is 17.6 Å². The first-order valence-electron chi connectivity index (χ1n) is 9.31. The van der Waals surface area contributed by atoms with E-state index in [0.29, 0.717) is 24.8 Å². The number of carbonyl (C=O) groups excluding carboxylic acids is 1. The predicted octanol–water partition coefficient (Wildman–Crippen LogP) is 5.16. The third-order valence-corrected chi connectivity index (χ3v) is 5.29. The predicted molar refractivity (Wildman–Crippen MR) is 113 cm³/mol. The molecule has 0 spiro atoms. The second kappa shape index (κ2) is 8.52. The van der Waals surface area contributed by atoms with E-state index in [2.05, 4.69) is 43.0 Å². The van der Waals surface area contributed by atoms with Crippen LogP contribution in [0.15, 0.2) is 52.4 Å². The van der Waals surface area contributed by atoms with E-state index in [0.717, 1.165) is 10.4 Å². The second-order valence-corrected chi connectivity index (χ2v) is 8.49. The Balaban J connectivity index is 1.64. The van der Waals surface area contributed by atoms with Crippen LogP contribution in [0.2, 0.25) is 0 Å². The number of rotatable bonds is 6. The monoisotopic (exact) mass is 395 g/mol. The average Bonchev–Trinajstić information content (AvgIpc) is 3.35. The number of amides is 1. The lowest BCUT2D eigenvalue weighted by Crippen LogP contribution is -2.28. The van der Waals surface area contributed by atoms with Crippen molar-refractivity contribution in [1.82, 2.24) is 15.0 Å². The molecule has 0 radical (unpaired) electrons. The van der Waals surface area contributed by atoms with Gasteiger partial charge in [0.1, 0.15) is 6.54 Å². The highest BCUT2D eigenvalue weighted by molar-refractivity contribution is 7.13. The highest BCUT2D eigenvalue weighted by Crippen LogP contribution is 2.23. The summed E-state index contributed by atoms with van der Waals surface area (Å²) in [6.07, 6.45) is 3.43. The van der Waals surface area contributed by atoms with Gasteiger partial charge in [-0.3, -0.25) is 4.79 Å². The normalized spacial score (nSPS) is 11.9. The fourth-order valence-corrected chi connectivity index (χ4v) is 3.35. The fraction of sp³-hybridized carbons (Fsp3) is 0.318. The lowest BCUT2D eigenvalue weighted by Gasteiger charge is -2.19. The van der Waals surface area contributed by atoms with Crippen LogP contribution < -0.4 is 0 Å². The van der Waals surface area contributed by atoms with Crippen molar-refractivity contribution in [2.24, 2.45) is 0 Å². The van der Waals surface area contributed by atoms with Crippen LogP contribution >= 0.6 is 11.3 Å². The van der Waals surface area contributed by atoms with Crippen molar-refractivity contribution in [2.75, 3.05) is 6.54 Å². The maximum atomic E-state index is 12.6. The summed E-state index contributed by atoms with van der Waals surface area (Å²) in [7, 11) is 0. The third kappa shape index (κ3) is 4.95. The van der Waals surface area contributed by atoms with Crippen LogP contribution in [-0.4, -0.2) is 27.5 Å². The molecule has 28 heavy (non-hydrogen) atoms. The minimum absolute atomic E-state index is 0.0849. The van der Waals surface area contributed by atoms with Crippen LogP contribution in [0, 0.1) is 0 Å². The molecule has 0 unspecified atom stereocenters. The van der Waals surface area contributed by atoms with E-state index in [9.17, 15) is 4.79 Å². The van der Waals surface area contributed by atoms with Gasteiger partial charge in [0.25, 0.3) is 0 Å². The Labute approximate surface area is 169 Å². The van der Waals surface area contributed by atoms with Gasteiger partial charge in [-0.1, -0.05) is 56.3 Å². The largest absolute Gasteiger partial charge is 0.337 e. The lowest BCUT2D eigenvalue weighted by molar-refractivity contribution is -0.126. The van der Waals surface area contributed by atoms with Gasteiger partial charge in [-0.25, -0.2) is 0 Å². The topological polar surface area (TPSA) is 59.2 Å². The van der Waals surface area contributed by atoms with Crippen LogP contribution in [0.1, 0.15) is 44.7 Å². The third-order valence-electron chi connectivity index (χ3n) is 4.42. The van der Waals surface area contributed by atoms with Gasteiger partial charge in [-0.05, 0) is 41.0 Å². The van der Waals surface area contributed by atoms with Crippen LogP contribution in [0.25, 0.3) is 16.8 Å². The van der Waals surface area contributed by atoms with Crippen molar-refractivity contribution < 1.29 is 9.32 Å². The molecule has 3 aromatic rings. The molecule has 1 amide bonds. The van der Waals surface area contributed by atoms with Gasteiger partial charge in [0.15, 0.2) is 0 Å². The van der Waals surface area contributed by atoms with Gasteiger partial charge in [-0.2, -0.15) is 4.98 Å². The standard InChI is InChI=1S/C22H25N3O2S/c1-5-25(15-19-23-21(24-27-19)18-7-6-14-28-18)20(26)13-10-16-8-11-17(12-9-16)22(2,3)4/h6-14H,5,15H2,1-4H3/b13-10+. The van der Waals surface area contributed by atoms with E-state index in [1.54, 1.807) is 22.3 Å². The number of likely N-dealkylation sites (N-methyl/N-ethyl adjacent to an activating group) is 1. The molecule has 2 aromatic heterocycles. The summed E-state index contributed by atoms with van der Waals surface area (Å²) in [5.74, 6) is 0.905. The van der Waals surface area contributed by atoms with Crippen LogP contribution in [0.5, 0.6) is 0 Å². The molecule has 146 valence electrons. The van der Waals surface area contributed by atoms with E-state index >= 15 is 0 Å². The summed E-state index contributed by atoms with van der Waals surface area (Å²) in [6.45, 7) is 9.33. The molecular weight excluding hydrogens is 370 g/mol. The Morgan fingerprint density at radius 1 is 1.21 bits per heavy atom. The smallest absolute Gasteiger partial charge is 0.247 e. The molecular formula is C22H25N3O2S. The molecule has 5 nitrogen and oxygen atoms in total. The minimum atomic E-state index is -0.0849. The summed E-state index contributed by atoms with van der Waals surface area (Å²) >= 11 is 1.55. The summed E-state index contributed by atoms with van der Waals surface area (Å²) in [5, 5.41) is 5.96. The first-order valence-corrected chi connectivity index (χ1v) is 10.2. The van der Waals surface area contributed by atoms with Gasteiger partial charge in [-0.15, -0.1) is 11.3 Å². The van der Waals surface area contributed by atoms with Crippen molar-refractivity contribution in [3.05, 3.63) is 64.9 Å². The van der Waals surface area contributed by atoms with E-state index in [4.69, 9.17) is 4.52 Å². The first kappa shape index (κ1) is 20.0. The molecule has 0 aliphatic carbocycles. The highest BCUT2D eigenvalue weighted by Gasteiger charge is 2.16. The SMILES string of the molecule is CCN(Cc1nc(-c2cccs2)no1)C(=O)/C=C/c1ccc(C(C)(C)C)cc1. The lowest BCUT2D eigenvalue weighted by atomic mass is 9.87. The summed E-state index contributed by atoms with van der Waals surface area (Å²) in [4.78, 5) is 19.6. The maximum absolute atomic E-state index is 12.6. The molecule has 0 atom stereocenters. The quantitative estimate of drug-likeness (QED) is 0.541. The van der Waals surface area contributed by atoms with Crippen molar-refractivity contribution in [3.8, 4) is 10.7 Å². The minimum Gasteiger partial charge on any atom is -0.337 e. The Morgan fingerprint density at radius 3 is 2.57 bits per heavy atom. The zero-order valence-electron chi connectivity index (χ0n) is 16.7. The van der Waals surface area contributed by atoms with Crippen LogP contribution in [-0.2, 0) is 16.8 Å². The summed E-state index contributed by atoms with van der Waals surface area (Å²) in [6, 6.07) is 12.2. The number of thiophene rings is 1. The fourth-order valence-electron chi connectivity index (χ4n) is 2.70. The zero-order chi connectivity index (χ0) is 20.1. The Kier molecular flexibility index (Phi) is 6.09. The number of aromatic nitrogens is 2. The Hall–Kier alpha value is -2.73. The van der Waals surface area contributed by atoms with Crippen LogP contribution in [0.4, 0.5) is 0 Å². The van der Waals surface area contributed by atoms with E-state index < -0.39 is 0 Å². The van der Waals surface area contributed by atoms with Gasteiger partial charge in [0, 0.05) is 12.6 Å². The van der Waals surface area contributed by atoms with Gasteiger partial charge in [0.05, 0.1) is 4.88 Å². The average molecular weight is 396 g/mol. The Bertz CT molecular complexity index is 935. The molecule has 1 aromatic carbocycles. The molecule has 0 bridgehead atoms. The molecule has 2 heterocycles. The number of hydrogen-bond acceptors (Lipinski definition) is 5. The molecule has 0 aliphatic rings. The van der Waals surface area contributed by atoms with E-state index in [1.165, 1.54) is 5.56 Å². The molecule has 0 N–H and O–H groups in total. The van der Waals surface area contributed by atoms with Gasteiger partial charge < -0.3 is 9.42 Å². The summed E-state index contributed by atoms with van der Waals surface area (Å²) < 4.78 is 5.31. The summed E-state index contributed by atoms with van der Waals surface area (Å²) in [5.41, 5.74) is 2.38. The Morgan fingerprint density at radius 2 is 1.96 bits per heavy atom. The molecule has 0 fully saturated rings. The zero-order valence-corrected chi connectivity index (χ0v) is 17.5. The number of carbonyl (C=O) groups is 1. The van der Waals surface area contributed by atoms with Crippen molar-refractivity contribution >= 4 is 23.3 Å². The highest BCUT2D eigenvalue weighted by atomic mass is 32.1. The van der Waals surface area contributed by atoms with Crippen molar-refractivity contribution in [1.29, 1.82) is 0 Å². The molecule has 3 rings (SSSR count). The number of benzene rings is 1. The van der Waals surface area contributed by atoms with Gasteiger partial charge >= 0.3 is 0 Å². The maximum Gasteiger partial charge on any atom is 0.247 e. The van der Waals surface area contributed by atoms with Crippen molar-refractivity contribution in [2.45, 2.75) is 39.7 Å². The molecule has 0 aliphatic heterocycles. The van der Waals surface area contributed by atoms with E-state index in [-0.39, 0.29) is 11.3 Å². The number of nitrogens with zero attached hydrogens (tertiary/aromatic N) is 3.